The van der Waals surface area contributed by atoms with Gasteiger partial charge in [-0.1, -0.05) is 94.8 Å². The van der Waals surface area contributed by atoms with Crippen molar-refractivity contribution in [3.63, 3.8) is 0 Å². The molecule has 0 saturated heterocycles. The Morgan fingerprint density at radius 3 is 1.90 bits per heavy atom. The summed E-state index contributed by atoms with van der Waals surface area (Å²) in [5, 5.41) is 6.89. The Morgan fingerprint density at radius 1 is 0.933 bits per heavy atom. The van der Waals surface area contributed by atoms with Crippen LogP contribution in [0, 0.1) is 0 Å². The van der Waals surface area contributed by atoms with Gasteiger partial charge in [-0.05, 0) is 22.8 Å². The molecule has 1 aliphatic rings. The van der Waals surface area contributed by atoms with Gasteiger partial charge >= 0.3 is 0 Å². The first-order valence-corrected chi connectivity index (χ1v) is 9.93. The molecule has 0 fully saturated rings. The fourth-order valence-corrected chi connectivity index (χ4v) is 3.84. The van der Waals surface area contributed by atoms with Gasteiger partial charge in [-0.3, -0.25) is 14.5 Å². The van der Waals surface area contributed by atoms with Gasteiger partial charge in [0.1, 0.15) is 0 Å². The summed E-state index contributed by atoms with van der Waals surface area (Å²) in [6, 6.07) is 27.0. The third kappa shape index (κ3) is 3.97. The molecular weight excluding hydrogens is 446 g/mol. The zero-order chi connectivity index (χ0) is 21.6. The van der Waals surface area contributed by atoms with Gasteiger partial charge in [0.2, 0.25) is 0 Å². The maximum Gasteiger partial charge on any atom is 0.290 e. The highest BCUT2D eigenvalue weighted by Gasteiger charge is 2.50. The van der Waals surface area contributed by atoms with Gasteiger partial charge in [0, 0.05) is 4.47 Å². The third-order valence-electron chi connectivity index (χ3n) is 4.78. The van der Waals surface area contributed by atoms with E-state index in [4.69, 9.17) is 20.6 Å². The fraction of sp³-hybridized carbons (Fsp3) is 0.0870. The first-order valence-electron chi connectivity index (χ1n) is 9.14. The largest absolute Gasteiger partial charge is 0.483 e. The van der Waals surface area contributed by atoms with Crippen LogP contribution in [-0.4, -0.2) is 28.3 Å². The lowest BCUT2D eigenvalue weighted by molar-refractivity contribution is -0.130. The van der Waals surface area contributed by atoms with Crippen LogP contribution in [0.5, 0.6) is 0 Å². The summed E-state index contributed by atoms with van der Waals surface area (Å²) in [6.07, 6.45) is 0. The number of hydrogen-bond acceptors (Lipinski definition) is 4. The number of halogens is 1. The van der Waals surface area contributed by atoms with Gasteiger partial charge in [0.05, 0.1) is 6.54 Å². The van der Waals surface area contributed by atoms with Crippen LogP contribution in [-0.2, 0) is 21.7 Å². The fourth-order valence-electron chi connectivity index (χ4n) is 3.43. The summed E-state index contributed by atoms with van der Waals surface area (Å²) in [5.41, 5.74) is 7.68. The minimum absolute atomic E-state index is 0.145. The van der Waals surface area contributed by atoms with Crippen LogP contribution in [0.1, 0.15) is 16.7 Å². The molecule has 0 radical (unpaired) electrons. The SMILES string of the molecule is NC1=NC(c2ccccc2)(c2ccccc2)C(=O)N1Cc1ccccc1Br.O=CO. The molecule has 6 nitrogen and oxygen atoms in total. The van der Waals surface area contributed by atoms with E-state index in [1.54, 1.807) is 4.90 Å². The summed E-state index contributed by atoms with van der Waals surface area (Å²) in [7, 11) is 0. The average Bonchev–Trinajstić information content (AvgIpc) is 3.03. The Hall–Kier alpha value is -3.45. The van der Waals surface area contributed by atoms with Crippen molar-refractivity contribution in [1.82, 2.24) is 4.90 Å². The van der Waals surface area contributed by atoms with Gasteiger partial charge in [-0.2, -0.15) is 0 Å². The van der Waals surface area contributed by atoms with Crippen LogP contribution in [0.15, 0.2) is 94.4 Å². The van der Waals surface area contributed by atoms with Crippen molar-refractivity contribution in [2.45, 2.75) is 12.1 Å². The smallest absolute Gasteiger partial charge is 0.290 e. The number of amides is 1. The molecule has 0 atom stereocenters. The topological polar surface area (TPSA) is 96.0 Å². The van der Waals surface area contributed by atoms with Gasteiger partial charge in [-0.25, -0.2) is 4.99 Å². The highest BCUT2D eigenvalue weighted by Crippen LogP contribution is 2.40. The minimum atomic E-state index is -1.16. The molecule has 3 aromatic rings. The number of carbonyl (C=O) groups is 2. The molecule has 1 amide bonds. The van der Waals surface area contributed by atoms with Gasteiger partial charge in [0.25, 0.3) is 12.4 Å². The van der Waals surface area contributed by atoms with E-state index in [2.05, 4.69) is 15.9 Å². The number of carbonyl (C=O) groups excluding carboxylic acids is 1. The van der Waals surface area contributed by atoms with Gasteiger partial charge in [-0.15, -0.1) is 0 Å². The van der Waals surface area contributed by atoms with Crippen LogP contribution in [0.3, 0.4) is 0 Å². The van der Waals surface area contributed by atoms with Crippen molar-refractivity contribution < 1.29 is 14.7 Å². The molecule has 1 heterocycles. The molecule has 0 aromatic heterocycles. The van der Waals surface area contributed by atoms with Crippen LogP contribution in [0.4, 0.5) is 0 Å². The zero-order valence-electron chi connectivity index (χ0n) is 16.0. The van der Waals surface area contributed by atoms with E-state index in [1.807, 2.05) is 84.9 Å². The summed E-state index contributed by atoms with van der Waals surface area (Å²) < 4.78 is 0.933. The molecule has 30 heavy (non-hydrogen) atoms. The Balaban J connectivity index is 0.000000806. The first kappa shape index (κ1) is 21.3. The number of hydrogen-bond donors (Lipinski definition) is 2. The highest BCUT2D eigenvalue weighted by molar-refractivity contribution is 9.10. The maximum atomic E-state index is 13.7. The number of carboxylic acid groups (broad SMARTS) is 1. The van der Waals surface area contributed by atoms with E-state index in [0.29, 0.717) is 6.54 Å². The molecule has 3 aromatic carbocycles. The van der Waals surface area contributed by atoms with Crippen LogP contribution in [0.2, 0.25) is 0 Å². The summed E-state index contributed by atoms with van der Waals surface area (Å²) >= 11 is 3.54. The number of nitrogens with two attached hydrogens (primary N) is 1. The molecule has 0 bridgehead atoms. The predicted octanol–water partition coefficient (Wildman–Crippen LogP) is 3.75. The lowest BCUT2D eigenvalue weighted by Crippen LogP contribution is -2.43. The van der Waals surface area contributed by atoms with Crippen molar-refractivity contribution >= 4 is 34.3 Å². The molecule has 4 rings (SSSR count). The number of guanidine groups is 1. The normalized spacial score (nSPS) is 14.5. The molecule has 0 aliphatic carbocycles. The van der Waals surface area contributed by atoms with E-state index in [-0.39, 0.29) is 18.3 Å². The zero-order valence-corrected chi connectivity index (χ0v) is 17.6. The van der Waals surface area contributed by atoms with Crippen molar-refractivity contribution in [3.05, 3.63) is 106 Å². The third-order valence-corrected chi connectivity index (χ3v) is 5.56. The summed E-state index contributed by atoms with van der Waals surface area (Å²) in [6.45, 7) is 0.108. The average molecular weight is 466 g/mol. The second-order valence-electron chi connectivity index (χ2n) is 6.50. The summed E-state index contributed by atoms with van der Waals surface area (Å²) in [5.74, 6) is 0.0802. The van der Waals surface area contributed by atoms with Crippen molar-refractivity contribution in [3.8, 4) is 0 Å². The van der Waals surface area contributed by atoms with Crippen molar-refractivity contribution in [2.75, 3.05) is 0 Å². The van der Waals surface area contributed by atoms with Gasteiger partial charge in [0.15, 0.2) is 11.5 Å². The molecule has 7 heteroatoms. The number of nitrogens with zero attached hydrogens (tertiary/aromatic N) is 2. The van der Waals surface area contributed by atoms with Crippen LogP contribution < -0.4 is 5.73 Å². The van der Waals surface area contributed by atoms with Gasteiger partial charge < -0.3 is 10.8 Å². The first-order chi connectivity index (χ1) is 14.5. The molecule has 0 unspecified atom stereocenters. The predicted molar refractivity (Wildman–Crippen MR) is 119 cm³/mol. The Kier molecular flexibility index (Phi) is 6.64. The monoisotopic (exact) mass is 465 g/mol. The number of benzene rings is 3. The quantitative estimate of drug-likeness (QED) is 0.573. The minimum Gasteiger partial charge on any atom is -0.483 e. The Labute approximate surface area is 182 Å². The van der Waals surface area contributed by atoms with E-state index in [1.165, 1.54) is 0 Å². The molecule has 3 N–H and O–H groups in total. The molecule has 152 valence electrons. The highest BCUT2D eigenvalue weighted by atomic mass is 79.9. The number of aliphatic imine (C=N–C) groups is 1. The van der Waals surface area contributed by atoms with Crippen molar-refractivity contribution in [1.29, 1.82) is 0 Å². The molecule has 1 aliphatic heterocycles. The second kappa shape index (κ2) is 9.37. The molecule has 0 saturated carbocycles. The lowest BCUT2D eigenvalue weighted by atomic mass is 9.83. The van der Waals surface area contributed by atoms with E-state index >= 15 is 0 Å². The van der Waals surface area contributed by atoms with Crippen LogP contribution in [0.25, 0.3) is 0 Å². The standard InChI is InChI=1S/C22H18BrN3O.CH2O2/c23-19-14-8-7-9-16(19)15-26-20(27)22(25-21(26)24,17-10-3-1-4-11-17)18-12-5-2-6-13-18;2-1-3/h1-14H,15H2,(H2,24,25);1H,(H,2,3). The lowest BCUT2D eigenvalue weighted by Gasteiger charge is -2.27. The van der Waals surface area contributed by atoms with E-state index < -0.39 is 5.54 Å². The second-order valence-corrected chi connectivity index (χ2v) is 7.35. The van der Waals surface area contributed by atoms with E-state index in [9.17, 15) is 4.79 Å². The molecular formula is C23H20BrN3O3. The van der Waals surface area contributed by atoms with Crippen molar-refractivity contribution in [2.24, 2.45) is 10.7 Å². The number of rotatable bonds is 4. The van der Waals surface area contributed by atoms with Crippen LogP contribution >= 0.6 is 15.9 Å². The Bertz CT molecular complexity index is 1020. The summed E-state index contributed by atoms with van der Waals surface area (Å²) in [4.78, 5) is 28.3. The Morgan fingerprint density at radius 2 is 1.40 bits per heavy atom. The maximum absolute atomic E-state index is 13.7. The molecule has 0 spiro atoms. The van der Waals surface area contributed by atoms with E-state index in [0.717, 1.165) is 21.2 Å².